The van der Waals surface area contributed by atoms with E-state index in [1.165, 1.54) is 18.9 Å². The Bertz CT molecular complexity index is 443. The molecule has 1 heterocycles. The fourth-order valence-corrected chi connectivity index (χ4v) is 3.22. The first-order valence-electron chi connectivity index (χ1n) is 7.66. The van der Waals surface area contributed by atoms with E-state index >= 15 is 0 Å². The van der Waals surface area contributed by atoms with Gasteiger partial charge in [-0.15, -0.1) is 0 Å². The Hall–Kier alpha value is -1.09. The van der Waals surface area contributed by atoms with Crippen LogP contribution in [0.1, 0.15) is 39.2 Å². The average Bonchev–Trinajstić information content (AvgIpc) is 2.40. The highest BCUT2D eigenvalue weighted by Gasteiger charge is 2.29. The highest BCUT2D eigenvalue weighted by molar-refractivity contribution is 5.54. The molecule has 2 rings (SSSR count). The Morgan fingerprint density at radius 1 is 1.25 bits per heavy atom. The normalized spacial score (nSPS) is 17.6. The minimum Gasteiger partial charge on any atom is -0.371 e. The van der Waals surface area contributed by atoms with Crippen LogP contribution >= 0.6 is 0 Å². The van der Waals surface area contributed by atoms with E-state index in [0.29, 0.717) is 18.4 Å². The molecule has 0 aromatic heterocycles. The van der Waals surface area contributed by atoms with Crippen LogP contribution < -0.4 is 10.6 Å². The van der Waals surface area contributed by atoms with Gasteiger partial charge in [0.25, 0.3) is 0 Å². The maximum absolute atomic E-state index is 14.0. The second-order valence-corrected chi connectivity index (χ2v) is 6.90. The Labute approximate surface area is 122 Å². The molecule has 1 fully saturated rings. The second-order valence-electron chi connectivity index (χ2n) is 6.90. The van der Waals surface area contributed by atoms with E-state index in [4.69, 9.17) is 5.73 Å². The fraction of sp³-hybridized carbons (Fsp3) is 0.647. The molecule has 0 atom stereocenters. The zero-order valence-electron chi connectivity index (χ0n) is 13.0. The van der Waals surface area contributed by atoms with Crippen molar-refractivity contribution < 1.29 is 4.39 Å². The molecule has 0 bridgehead atoms. The Kier molecular flexibility index (Phi) is 4.69. The first-order chi connectivity index (χ1) is 9.43. The quantitative estimate of drug-likeness (QED) is 0.915. The molecule has 0 unspecified atom stereocenters. The van der Waals surface area contributed by atoms with Gasteiger partial charge in [0.2, 0.25) is 0 Å². The van der Waals surface area contributed by atoms with E-state index in [2.05, 4.69) is 25.7 Å². The number of nitrogens with zero attached hydrogens (tertiary/aromatic N) is 1. The Balaban J connectivity index is 2.13. The van der Waals surface area contributed by atoms with Gasteiger partial charge in [-0.25, -0.2) is 4.39 Å². The van der Waals surface area contributed by atoms with E-state index in [1.54, 1.807) is 6.07 Å². The number of halogens is 1. The van der Waals surface area contributed by atoms with E-state index in [9.17, 15) is 4.39 Å². The van der Waals surface area contributed by atoms with Gasteiger partial charge in [-0.2, -0.15) is 0 Å². The highest BCUT2D eigenvalue weighted by Crippen LogP contribution is 2.36. The lowest BCUT2D eigenvalue weighted by Gasteiger charge is -2.40. The van der Waals surface area contributed by atoms with Gasteiger partial charge in [-0.1, -0.05) is 26.8 Å². The van der Waals surface area contributed by atoms with Crippen molar-refractivity contribution in [3.8, 4) is 0 Å². The van der Waals surface area contributed by atoms with E-state index in [-0.39, 0.29) is 5.82 Å². The predicted octanol–water partition coefficient (Wildman–Crippen LogP) is 3.59. The van der Waals surface area contributed by atoms with Gasteiger partial charge in [0.15, 0.2) is 0 Å². The molecule has 1 aromatic carbocycles. The van der Waals surface area contributed by atoms with Crippen LogP contribution in [0.3, 0.4) is 0 Å². The molecule has 20 heavy (non-hydrogen) atoms. The van der Waals surface area contributed by atoms with Crippen molar-refractivity contribution in [2.24, 2.45) is 17.1 Å². The molecule has 2 N–H and O–H groups in total. The van der Waals surface area contributed by atoms with Gasteiger partial charge in [-0.3, -0.25) is 0 Å². The third kappa shape index (κ3) is 3.32. The number of nitrogens with two attached hydrogens (primary N) is 1. The predicted molar refractivity (Wildman–Crippen MR) is 83.6 cm³/mol. The van der Waals surface area contributed by atoms with Crippen molar-refractivity contribution in [1.29, 1.82) is 0 Å². The molecule has 1 aliphatic heterocycles. The first-order valence-corrected chi connectivity index (χ1v) is 7.66. The van der Waals surface area contributed by atoms with Crippen LogP contribution in [0.2, 0.25) is 0 Å². The minimum atomic E-state index is -0.120. The lowest BCUT2D eigenvalue weighted by atomic mass is 9.75. The summed E-state index contributed by atoms with van der Waals surface area (Å²) in [7, 11) is 0. The van der Waals surface area contributed by atoms with E-state index in [0.717, 1.165) is 30.3 Å². The van der Waals surface area contributed by atoms with Crippen molar-refractivity contribution in [1.82, 2.24) is 0 Å². The summed E-state index contributed by atoms with van der Waals surface area (Å²) in [5.74, 6) is 0.635. The smallest absolute Gasteiger partial charge is 0.128 e. The van der Waals surface area contributed by atoms with E-state index < -0.39 is 0 Å². The molecule has 1 saturated heterocycles. The largest absolute Gasteiger partial charge is 0.371 e. The topological polar surface area (TPSA) is 29.3 Å². The summed E-state index contributed by atoms with van der Waals surface area (Å²) >= 11 is 0. The van der Waals surface area contributed by atoms with Gasteiger partial charge in [0, 0.05) is 24.3 Å². The van der Waals surface area contributed by atoms with Gasteiger partial charge in [0.05, 0.1) is 0 Å². The van der Waals surface area contributed by atoms with Crippen LogP contribution in [0.15, 0.2) is 18.2 Å². The molecule has 0 amide bonds. The SMILES string of the molecule is CC(C)(C)C1CCN(c2cccc(F)c2CCN)CC1. The lowest BCUT2D eigenvalue weighted by molar-refractivity contribution is 0.199. The van der Waals surface area contributed by atoms with Gasteiger partial charge in [-0.05, 0) is 49.3 Å². The van der Waals surface area contributed by atoms with E-state index in [1.807, 2.05) is 6.07 Å². The minimum absolute atomic E-state index is 0.120. The summed E-state index contributed by atoms with van der Waals surface area (Å²) < 4.78 is 14.0. The lowest BCUT2D eigenvalue weighted by Crippen LogP contribution is -2.38. The Morgan fingerprint density at radius 2 is 1.90 bits per heavy atom. The third-order valence-corrected chi connectivity index (χ3v) is 4.55. The summed E-state index contributed by atoms with van der Waals surface area (Å²) in [6, 6.07) is 5.38. The number of benzene rings is 1. The van der Waals surface area contributed by atoms with Crippen LogP contribution in [0.5, 0.6) is 0 Å². The zero-order chi connectivity index (χ0) is 14.8. The Morgan fingerprint density at radius 3 is 2.45 bits per heavy atom. The van der Waals surface area contributed by atoms with Gasteiger partial charge >= 0.3 is 0 Å². The molecule has 0 aliphatic carbocycles. The molecular formula is C17H27FN2. The van der Waals surface area contributed by atoms with Crippen molar-refractivity contribution in [2.75, 3.05) is 24.5 Å². The summed E-state index contributed by atoms with van der Waals surface area (Å²) in [5.41, 5.74) is 7.82. The molecule has 2 nitrogen and oxygen atoms in total. The highest BCUT2D eigenvalue weighted by atomic mass is 19.1. The molecule has 0 spiro atoms. The van der Waals surface area contributed by atoms with Gasteiger partial charge in [0.1, 0.15) is 5.82 Å². The van der Waals surface area contributed by atoms with Gasteiger partial charge < -0.3 is 10.6 Å². The zero-order valence-corrected chi connectivity index (χ0v) is 13.0. The third-order valence-electron chi connectivity index (χ3n) is 4.55. The maximum Gasteiger partial charge on any atom is 0.128 e. The molecule has 1 aliphatic rings. The maximum atomic E-state index is 14.0. The fourth-order valence-electron chi connectivity index (χ4n) is 3.22. The molecular weight excluding hydrogens is 251 g/mol. The van der Waals surface area contributed by atoms with Crippen LogP contribution in [0, 0.1) is 17.2 Å². The average molecular weight is 278 g/mol. The van der Waals surface area contributed by atoms with Crippen LogP contribution in [-0.4, -0.2) is 19.6 Å². The molecule has 3 heteroatoms. The van der Waals surface area contributed by atoms with Crippen molar-refractivity contribution >= 4 is 5.69 Å². The van der Waals surface area contributed by atoms with Crippen molar-refractivity contribution in [3.63, 3.8) is 0 Å². The molecule has 0 radical (unpaired) electrons. The number of piperidine rings is 1. The number of hydrogen-bond donors (Lipinski definition) is 1. The number of rotatable bonds is 3. The standard InChI is InChI=1S/C17H27FN2/c1-17(2,3)13-8-11-20(12-9-13)16-6-4-5-15(18)14(16)7-10-19/h4-6,13H,7-12,19H2,1-3H3. The number of hydrogen-bond acceptors (Lipinski definition) is 2. The van der Waals surface area contributed by atoms with Crippen molar-refractivity contribution in [2.45, 2.75) is 40.0 Å². The molecule has 0 saturated carbocycles. The molecule has 112 valence electrons. The van der Waals surface area contributed by atoms with Crippen LogP contribution in [0.25, 0.3) is 0 Å². The first kappa shape index (κ1) is 15.3. The summed E-state index contributed by atoms with van der Waals surface area (Å²) in [6.07, 6.45) is 2.98. The summed E-state index contributed by atoms with van der Waals surface area (Å²) in [5, 5.41) is 0. The number of anilines is 1. The monoisotopic (exact) mass is 278 g/mol. The molecule has 1 aromatic rings. The summed E-state index contributed by atoms with van der Waals surface area (Å²) in [4.78, 5) is 2.33. The summed E-state index contributed by atoms with van der Waals surface area (Å²) in [6.45, 7) is 9.47. The van der Waals surface area contributed by atoms with Crippen LogP contribution in [-0.2, 0) is 6.42 Å². The van der Waals surface area contributed by atoms with Crippen LogP contribution in [0.4, 0.5) is 10.1 Å². The van der Waals surface area contributed by atoms with Crippen molar-refractivity contribution in [3.05, 3.63) is 29.6 Å². The second kappa shape index (κ2) is 6.13.